The Morgan fingerprint density at radius 2 is 2.00 bits per heavy atom. The quantitative estimate of drug-likeness (QED) is 0.921. The van der Waals surface area contributed by atoms with Gasteiger partial charge in [0.2, 0.25) is 0 Å². The molecule has 94 valence electrons. The summed E-state index contributed by atoms with van der Waals surface area (Å²) in [4.78, 5) is 14.9. The van der Waals surface area contributed by atoms with Crippen LogP contribution in [0.5, 0.6) is 5.75 Å². The Morgan fingerprint density at radius 3 is 2.56 bits per heavy atom. The number of ether oxygens (including phenoxy) is 1. The highest BCUT2D eigenvalue weighted by Gasteiger charge is 2.08. The van der Waals surface area contributed by atoms with Crippen molar-refractivity contribution in [3.05, 3.63) is 45.4 Å². The first kappa shape index (κ1) is 12.6. The van der Waals surface area contributed by atoms with Crippen LogP contribution in [0.1, 0.15) is 25.8 Å². The summed E-state index contributed by atoms with van der Waals surface area (Å²) < 4.78 is 5.60. The molecule has 0 aliphatic rings. The highest BCUT2D eigenvalue weighted by atomic mass is 32.1. The molecule has 2 rings (SSSR count). The van der Waals surface area contributed by atoms with Crippen molar-refractivity contribution in [2.45, 2.75) is 20.5 Å². The molecule has 1 aromatic heterocycles. The van der Waals surface area contributed by atoms with Crippen molar-refractivity contribution in [1.29, 1.82) is 0 Å². The molecular formula is C13H13NO3S. The van der Waals surface area contributed by atoms with Crippen LogP contribution in [-0.4, -0.2) is 16.1 Å². The molecule has 0 aliphatic heterocycles. The minimum atomic E-state index is -0.954. The Hall–Kier alpha value is -1.88. The first-order valence-electron chi connectivity index (χ1n) is 5.43. The lowest BCUT2D eigenvalue weighted by atomic mass is 10.1. The second kappa shape index (κ2) is 5.18. The SMILES string of the molecule is Cc1cc(C)cc(OCc2ncc(C(=O)O)s2)c1. The molecule has 0 aliphatic carbocycles. The van der Waals surface area contributed by atoms with Crippen LogP contribution in [0.25, 0.3) is 0 Å². The molecule has 0 unspecified atom stereocenters. The molecule has 1 N–H and O–H groups in total. The number of aromatic nitrogens is 1. The molecule has 0 amide bonds. The van der Waals surface area contributed by atoms with Gasteiger partial charge in [0.25, 0.3) is 0 Å². The number of rotatable bonds is 4. The number of thiazole rings is 1. The highest BCUT2D eigenvalue weighted by Crippen LogP contribution is 2.19. The summed E-state index contributed by atoms with van der Waals surface area (Å²) in [5.41, 5.74) is 2.27. The van der Waals surface area contributed by atoms with Crippen LogP contribution in [-0.2, 0) is 6.61 Å². The van der Waals surface area contributed by atoms with Gasteiger partial charge in [0.05, 0.1) is 6.20 Å². The van der Waals surface area contributed by atoms with Gasteiger partial charge in [0, 0.05) is 0 Å². The monoisotopic (exact) mass is 263 g/mol. The number of aryl methyl sites for hydroxylation is 2. The summed E-state index contributed by atoms with van der Waals surface area (Å²) in [5, 5.41) is 9.44. The third-order valence-corrected chi connectivity index (χ3v) is 3.28. The fourth-order valence-electron chi connectivity index (χ4n) is 1.64. The van der Waals surface area contributed by atoms with Crippen molar-refractivity contribution in [3.63, 3.8) is 0 Å². The predicted octanol–water partition coefficient (Wildman–Crippen LogP) is 3.04. The number of carbonyl (C=O) groups is 1. The van der Waals surface area contributed by atoms with E-state index in [1.54, 1.807) is 0 Å². The molecule has 5 heteroatoms. The zero-order valence-corrected chi connectivity index (χ0v) is 11.0. The van der Waals surface area contributed by atoms with E-state index < -0.39 is 5.97 Å². The van der Waals surface area contributed by atoms with E-state index in [0.29, 0.717) is 11.6 Å². The average Bonchev–Trinajstić information content (AvgIpc) is 2.73. The maximum atomic E-state index is 10.7. The van der Waals surface area contributed by atoms with Crippen LogP contribution in [0, 0.1) is 13.8 Å². The van der Waals surface area contributed by atoms with E-state index in [0.717, 1.165) is 28.2 Å². The third-order valence-electron chi connectivity index (χ3n) is 2.32. The Labute approximate surface area is 109 Å². The van der Waals surface area contributed by atoms with Crippen molar-refractivity contribution >= 4 is 17.3 Å². The summed E-state index contributed by atoms with van der Waals surface area (Å²) in [6, 6.07) is 5.95. The van der Waals surface area contributed by atoms with Crippen molar-refractivity contribution in [1.82, 2.24) is 4.98 Å². The topological polar surface area (TPSA) is 59.4 Å². The smallest absolute Gasteiger partial charge is 0.347 e. The fraction of sp³-hybridized carbons (Fsp3) is 0.231. The van der Waals surface area contributed by atoms with Crippen molar-refractivity contribution < 1.29 is 14.6 Å². The van der Waals surface area contributed by atoms with Gasteiger partial charge in [-0.05, 0) is 37.1 Å². The number of hydrogen-bond acceptors (Lipinski definition) is 4. The zero-order chi connectivity index (χ0) is 13.1. The summed E-state index contributed by atoms with van der Waals surface area (Å²) >= 11 is 1.13. The Bertz CT molecular complexity index is 557. The second-order valence-corrected chi connectivity index (χ2v) is 5.15. The fourth-order valence-corrected chi connectivity index (χ4v) is 2.31. The molecule has 18 heavy (non-hydrogen) atoms. The van der Waals surface area contributed by atoms with Crippen LogP contribution in [0.15, 0.2) is 24.4 Å². The van der Waals surface area contributed by atoms with Crippen molar-refractivity contribution in [3.8, 4) is 5.75 Å². The lowest BCUT2D eigenvalue weighted by Gasteiger charge is -2.06. The minimum Gasteiger partial charge on any atom is -0.486 e. The lowest BCUT2D eigenvalue weighted by molar-refractivity contribution is 0.0702. The summed E-state index contributed by atoms with van der Waals surface area (Å²) in [7, 11) is 0. The van der Waals surface area contributed by atoms with Gasteiger partial charge in [0.15, 0.2) is 0 Å². The molecule has 2 aromatic rings. The highest BCUT2D eigenvalue weighted by molar-refractivity contribution is 7.13. The van der Waals surface area contributed by atoms with Crippen LogP contribution in [0.3, 0.4) is 0 Å². The van der Waals surface area contributed by atoms with E-state index in [1.807, 2.05) is 26.0 Å². The van der Waals surface area contributed by atoms with E-state index in [2.05, 4.69) is 11.1 Å². The number of carboxylic acid groups (broad SMARTS) is 1. The van der Waals surface area contributed by atoms with Crippen LogP contribution in [0.2, 0.25) is 0 Å². The Balaban J connectivity index is 2.04. The molecule has 1 aromatic carbocycles. The Morgan fingerprint density at radius 1 is 1.33 bits per heavy atom. The molecule has 0 fully saturated rings. The first-order valence-corrected chi connectivity index (χ1v) is 6.25. The van der Waals surface area contributed by atoms with Gasteiger partial charge in [-0.25, -0.2) is 9.78 Å². The van der Waals surface area contributed by atoms with Gasteiger partial charge in [-0.3, -0.25) is 0 Å². The molecule has 1 heterocycles. The summed E-state index contributed by atoms with van der Waals surface area (Å²) in [6.07, 6.45) is 1.35. The summed E-state index contributed by atoms with van der Waals surface area (Å²) in [5.74, 6) is -0.176. The van der Waals surface area contributed by atoms with E-state index in [9.17, 15) is 4.79 Å². The molecule has 4 nitrogen and oxygen atoms in total. The number of hydrogen-bond donors (Lipinski definition) is 1. The lowest BCUT2D eigenvalue weighted by Crippen LogP contribution is -1.95. The number of carboxylic acids is 1. The van der Waals surface area contributed by atoms with Crippen LogP contribution >= 0.6 is 11.3 Å². The average molecular weight is 263 g/mol. The first-order chi connectivity index (χ1) is 8.54. The standard InChI is InChI=1S/C13H13NO3S/c1-8-3-9(2)5-10(4-8)17-7-12-14-6-11(18-12)13(15)16/h3-6H,7H2,1-2H3,(H,15,16). The maximum Gasteiger partial charge on any atom is 0.347 e. The van der Waals surface area contributed by atoms with Gasteiger partial charge in [0.1, 0.15) is 22.2 Å². The zero-order valence-electron chi connectivity index (χ0n) is 10.1. The van der Waals surface area contributed by atoms with Gasteiger partial charge in [-0.1, -0.05) is 6.07 Å². The Kier molecular flexibility index (Phi) is 3.62. The molecular weight excluding hydrogens is 250 g/mol. The predicted molar refractivity (Wildman–Crippen MR) is 69.3 cm³/mol. The normalized spacial score (nSPS) is 10.3. The number of nitrogens with zero attached hydrogens (tertiary/aromatic N) is 1. The van der Waals surface area contributed by atoms with E-state index in [4.69, 9.17) is 9.84 Å². The second-order valence-electron chi connectivity index (χ2n) is 4.04. The van der Waals surface area contributed by atoms with E-state index in [-0.39, 0.29) is 4.88 Å². The van der Waals surface area contributed by atoms with E-state index >= 15 is 0 Å². The molecule has 0 bridgehead atoms. The van der Waals surface area contributed by atoms with Gasteiger partial charge < -0.3 is 9.84 Å². The summed E-state index contributed by atoms with van der Waals surface area (Å²) in [6.45, 7) is 4.30. The molecule has 0 spiro atoms. The van der Waals surface area contributed by atoms with Crippen molar-refractivity contribution in [2.24, 2.45) is 0 Å². The van der Waals surface area contributed by atoms with Gasteiger partial charge >= 0.3 is 5.97 Å². The van der Waals surface area contributed by atoms with Crippen LogP contribution in [0.4, 0.5) is 0 Å². The minimum absolute atomic E-state index is 0.231. The van der Waals surface area contributed by atoms with E-state index in [1.165, 1.54) is 6.20 Å². The molecule has 0 saturated heterocycles. The van der Waals surface area contributed by atoms with Crippen LogP contribution < -0.4 is 4.74 Å². The largest absolute Gasteiger partial charge is 0.486 e. The molecule has 0 radical (unpaired) electrons. The number of benzene rings is 1. The van der Waals surface area contributed by atoms with Gasteiger partial charge in [-0.2, -0.15) is 0 Å². The maximum absolute atomic E-state index is 10.7. The molecule has 0 saturated carbocycles. The van der Waals surface area contributed by atoms with Crippen molar-refractivity contribution in [2.75, 3.05) is 0 Å². The third kappa shape index (κ3) is 3.07. The molecule has 0 atom stereocenters. The number of aromatic carboxylic acids is 1. The van der Waals surface area contributed by atoms with Gasteiger partial charge in [-0.15, -0.1) is 11.3 Å².